The van der Waals surface area contributed by atoms with Gasteiger partial charge in [0.05, 0.1) is 6.61 Å². The number of aliphatic hydroxyl groups excluding tert-OH is 1. The van der Waals surface area contributed by atoms with Crippen molar-refractivity contribution in [3.05, 3.63) is 0 Å². The molecule has 0 heterocycles. The van der Waals surface area contributed by atoms with Crippen LogP contribution in [0.2, 0.25) is 0 Å². The third-order valence-electron chi connectivity index (χ3n) is 4.82. The predicted octanol–water partition coefficient (Wildman–Crippen LogP) is 3.03. The molecule has 1 rings (SSSR count). The number of nitrogens with one attached hydrogen (secondary N) is 1. The van der Waals surface area contributed by atoms with Crippen LogP contribution < -0.4 is 5.32 Å². The maximum absolute atomic E-state index is 9.90. The van der Waals surface area contributed by atoms with Crippen molar-refractivity contribution in [2.24, 2.45) is 5.92 Å². The molecule has 0 amide bonds. The molecule has 2 N–H and O–H groups in total. The lowest BCUT2D eigenvalue weighted by molar-refractivity contribution is 0.105. The first-order valence-electron chi connectivity index (χ1n) is 8.61. The van der Waals surface area contributed by atoms with E-state index in [4.69, 9.17) is 0 Å². The van der Waals surface area contributed by atoms with Gasteiger partial charge in [-0.15, -0.1) is 0 Å². The molecule has 2 unspecified atom stereocenters. The molecule has 3 heteroatoms. The molecular weight excluding hydrogens is 248 g/mol. The molecule has 1 saturated carbocycles. The van der Waals surface area contributed by atoms with Crippen molar-refractivity contribution in [1.29, 1.82) is 0 Å². The molecule has 3 nitrogen and oxygen atoms in total. The van der Waals surface area contributed by atoms with Crippen molar-refractivity contribution in [2.45, 2.75) is 77.3 Å². The second-order valence-corrected chi connectivity index (χ2v) is 7.00. The van der Waals surface area contributed by atoms with E-state index >= 15 is 0 Å². The number of aliphatic hydroxyl groups is 1. The zero-order chi connectivity index (χ0) is 15.0. The number of hydrogen-bond donors (Lipinski definition) is 2. The van der Waals surface area contributed by atoms with Crippen molar-refractivity contribution in [1.82, 2.24) is 10.2 Å². The SMILES string of the molecule is CCCCCN(C)CCC1CCCC1(CO)NC(C)C. The first-order valence-corrected chi connectivity index (χ1v) is 8.61. The number of rotatable bonds is 10. The van der Waals surface area contributed by atoms with E-state index in [1.54, 1.807) is 0 Å². The Hall–Kier alpha value is -0.120. The molecule has 0 spiro atoms. The van der Waals surface area contributed by atoms with E-state index in [1.165, 1.54) is 45.1 Å². The molecule has 0 aromatic heterocycles. The molecule has 2 atom stereocenters. The van der Waals surface area contributed by atoms with Crippen molar-refractivity contribution >= 4 is 0 Å². The van der Waals surface area contributed by atoms with Crippen LogP contribution in [0.4, 0.5) is 0 Å². The lowest BCUT2D eigenvalue weighted by Crippen LogP contribution is -2.54. The lowest BCUT2D eigenvalue weighted by atomic mass is 9.84. The standard InChI is InChI=1S/C17H36N2O/c1-5-6-7-12-19(4)13-10-16-9-8-11-17(16,14-20)18-15(2)3/h15-16,18,20H,5-14H2,1-4H3. The average molecular weight is 284 g/mol. The van der Waals surface area contributed by atoms with E-state index in [1.807, 2.05) is 0 Å². The molecule has 0 radical (unpaired) electrons. The van der Waals surface area contributed by atoms with Gasteiger partial charge in [-0.3, -0.25) is 0 Å². The number of nitrogens with zero attached hydrogens (tertiary/aromatic N) is 1. The topological polar surface area (TPSA) is 35.5 Å². The van der Waals surface area contributed by atoms with Gasteiger partial charge in [0.2, 0.25) is 0 Å². The highest BCUT2D eigenvalue weighted by Gasteiger charge is 2.42. The fourth-order valence-electron chi connectivity index (χ4n) is 3.70. The molecule has 120 valence electrons. The van der Waals surface area contributed by atoms with Crippen LogP contribution in [0.5, 0.6) is 0 Å². The quantitative estimate of drug-likeness (QED) is 0.605. The molecule has 0 aromatic rings. The zero-order valence-corrected chi connectivity index (χ0v) is 14.1. The molecule has 0 bridgehead atoms. The highest BCUT2D eigenvalue weighted by Crippen LogP contribution is 2.38. The summed E-state index contributed by atoms with van der Waals surface area (Å²) >= 11 is 0. The second kappa shape index (κ2) is 9.01. The Morgan fingerprint density at radius 1 is 1.30 bits per heavy atom. The summed E-state index contributed by atoms with van der Waals surface area (Å²) in [4.78, 5) is 2.46. The van der Waals surface area contributed by atoms with E-state index in [0.29, 0.717) is 12.0 Å². The van der Waals surface area contributed by atoms with Gasteiger partial charge < -0.3 is 15.3 Å². The van der Waals surface area contributed by atoms with Crippen LogP contribution in [0.3, 0.4) is 0 Å². The highest BCUT2D eigenvalue weighted by atomic mass is 16.3. The molecular formula is C17H36N2O. The molecule has 0 aromatic carbocycles. The van der Waals surface area contributed by atoms with Crippen LogP contribution in [0.15, 0.2) is 0 Å². The fraction of sp³-hybridized carbons (Fsp3) is 1.00. The summed E-state index contributed by atoms with van der Waals surface area (Å²) in [5.41, 5.74) is -0.0155. The van der Waals surface area contributed by atoms with Gasteiger partial charge in [0.25, 0.3) is 0 Å². The van der Waals surface area contributed by atoms with Crippen LogP contribution in [0.25, 0.3) is 0 Å². The number of hydrogen-bond acceptors (Lipinski definition) is 3. The minimum absolute atomic E-state index is 0.0155. The second-order valence-electron chi connectivity index (χ2n) is 7.00. The molecule has 1 aliphatic rings. The zero-order valence-electron chi connectivity index (χ0n) is 14.1. The van der Waals surface area contributed by atoms with Crippen LogP contribution in [-0.4, -0.2) is 48.3 Å². The summed E-state index contributed by atoms with van der Waals surface area (Å²) in [6, 6.07) is 0.449. The Kier molecular flexibility index (Phi) is 8.08. The molecule has 0 aliphatic heterocycles. The molecule has 0 saturated heterocycles. The Morgan fingerprint density at radius 3 is 2.65 bits per heavy atom. The smallest absolute Gasteiger partial charge is 0.0616 e. The van der Waals surface area contributed by atoms with Gasteiger partial charge in [0.1, 0.15) is 0 Å². The molecule has 1 aliphatic carbocycles. The minimum atomic E-state index is -0.0155. The lowest BCUT2D eigenvalue weighted by Gasteiger charge is -2.37. The monoisotopic (exact) mass is 284 g/mol. The van der Waals surface area contributed by atoms with Gasteiger partial charge in [-0.05, 0) is 51.7 Å². The van der Waals surface area contributed by atoms with Crippen LogP contribution in [0, 0.1) is 5.92 Å². The maximum Gasteiger partial charge on any atom is 0.0616 e. The van der Waals surface area contributed by atoms with E-state index in [2.05, 4.69) is 38.0 Å². The van der Waals surface area contributed by atoms with Gasteiger partial charge in [-0.25, -0.2) is 0 Å². The average Bonchev–Trinajstić information content (AvgIpc) is 2.79. The summed E-state index contributed by atoms with van der Waals surface area (Å²) < 4.78 is 0. The van der Waals surface area contributed by atoms with Crippen molar-refractivity contribution in [3.8, 4) is 0 Å². The number of unbranched alkanes of at least 4 members (excludes halogenated alkanes) is 2. The van der Waals surface area contributed by atoms with E-state index < -0.39 is 0 Å². The Labute approximate surface area is 126 Å². The van der Waals surface area contributed by atoms with Gasteiger partial charge in [0, 0.05) is 11.6 Å². The molecule has 1 fully saturated rings. The van der Waals surface area contributed by atoms with Gasteiger partial charge in [0.15, 0.2) is 0 Å². The minimum Gasteiger partial charge on any atom is -0.394 e. The summed E-state index contributed by atoms with van der Waals surface area (Å²) in [6.45, 7) is 9.29. The van der Waals surface area contributed by atoms with Gasteiger partial charge in [-0.2, -0.15) is 0 Å². The third kappa shape index (κ3) is 5.34. The first-order chi connectivity index (χ1) is 9.54. The largest absolute Gasteiger partial charge is 0.394 e. The highest BCUT2D eigenvalue weighted by molar-refractivity contribution is 4.99. The predicted molar refractivity (Wildman–Crippen MR) is 87.1 cm³/mol. The molecule has 20 heavy (non-hydrogen) atoms. The summed E-state index contributed by atoms with van der Waals surface area (Å²) in [5, 5.41) is 13.6. The summed E-state index contributed by atoms with van der Waals surface area (Å²) in [5.74, 6) is 0.628. The van der Waals surface area contributed by atoms with E-state index in [0.717, 1.165) is 13.0 Å². The van der Waals surface area contributed by atoms with Crippen molar-refractivity contribution in [2.75, 3.05) is 26.7 Å². The van der Waals surface area contributed by atoms with Crippen LogP contribution >= 0.6 is 0 Å². The first kappa shape index (κ1) is 17.9. The Morgan fingerprint density at radius 2 is 2.05 bits per heavy atom. The van der Waals surface area contributed by atoms with E-state index in [-0.39, 0.29) is 12.1 Å². The Balaban J connectivity index is 2.40. The maximum atomic E-state index is 9.90. The van der Waals surface area contributed by atoms with Crippen molar-refractivity contribution in [3.63, 3.8) is 0 Å². The van der Waals surface area contributed by atoms with E-state index in [9.17, 15) is 5.11 Å². The van der Waals surface area contributed by atoms with Crippen molar-refractivity contribution < 1.29 is 5.11 Å². The summed E-state index contributed by atoms with van der Waals surface area (Å²) in [7, 11) is 2.24. The normalized spacial score (nSPS) is 26.9. The Bertz CT molecular complexity index is 257. The van der Waals surface area contributed by atoms with Gasteiger partial charge >= 0.3 is 0 Å². The van der Waals surface area contributed by atoms with Gasteiger partial charge in [-0.1, -0.05) is 40.0 Å². The van der Waals surface area contributed by atoms with Crippen LogP contribution in [-0.2, 0) is 0 Å². The van der Waals surface area contributed by atoms with Crippen LogP contribution in [0.1, 0.15) is 65.7 Å². The third-order valence-corrected chi connectivity index (χ3v) is 4.82. The summed E-state index contributed by atoms with van der Waals surface area (Å²) in [6.07, 6.45) is 8.81. The fourth-order valence-corrected chi connectivity index (χ4v) is 3.70.